The van der Waals surface area contributed by atoms with E-state index in [1.165, 1.54) is 19.3 Å². The molecule has 2 aliphatic rings. The van der Waals surface area contributed by atoms with Crippen LogP contribution in [0.15, 0.2) is 0 Å². The molecule has 2 N–H and O–H groups in total. The number of nitrogens with two attached hydrogens (primary N) is 1. The molecule has 1 aliphatic heterocycles. The maximum Gasteiger partial charge on any atom is 0.0761 e. The predicted molar refractivity (Wildman–Crippen MR) is 80.2 cm³/mol. The second-order valence-corrected chi connectivity index (χ2v) is 8.75. The lowest BCUT2D eigenvalue weighted by atomic mass is 9.84. The van der Waals surface area contributed by atoms with Crippen molar-refractivity contribution in [3.05, 3.63) is 0 Å². The highest BCUT2D eigenvalue weighted by Gasteiger charge is 2.51. The highest BCUT2D eigenvalue weighted by Crippen LogP contribution is 2.48. The summed E-state index contributed by atoms with van der Waals surface area (Å²) >= 11 is 0. The molecule has 1 heterocycles. The second kappa shape index (κ2) is 4.44. The van der Waals surface area contributed by atoms with Gasteiger partial charge in [0, 0.05) is 25.2 Å². The summed E-state index contributed by atoms with van der Waals surface area (Å²) in [4.78, 5) is 2.63. The largest absolute Gasteiger partial charge is 0.367 e. The van der Waals surface area contributed by atoms with Crippen LogP contribution in [0.2, 0.25) is 0 Å². The third-order valence-corrected chi connectivity index (χ3v) is 4.82. The van der Waals surface area contributed by atoms with Gasteiger partial charge in [0.2, 0.25) is 0 Å². The van der Waals surface area contributed by atoms with Crippen molar-refractivity contribution in [3.8, 4) is 0 Å². The van der Waals surface area contributed by atoms with Gasteiger partial charge in [-0.25, -0.2) is 0 Å². The third-order valence-electron chi connectivity index (χ3n) is 4.82. The first kappa shape index (κ1) is 15.3. The molecule has 1 unspecified atom stereocenters. The van der Waals surface area contributed by atoms with Crippen molar-refractivity contribution >= 4 is 0 Å². The normalized spacial score (nSPS) is 37.4. The standard InChI is InChI=1S/C16H32N2O/c1-13(2)7-8-16(9-13,10-17)18-11-14(3,4)19-15(5,6)12-18/h7-12,17H2,1-6H3. The van der Waals surface area contributed by atoms with Crippen LogP contribution in [-0.4, -0.2) is 41.3 Å². The molecule has 0 spiro atoms. The Morgan fingerprint density at radius 3 is 1.84 bits per heavy atom. The van der Waals surface area contributed by atoms with Crippen LogP contribution >= 0.6 is 0 Å². The lowest BCUT2D eigenvalue weighted by Gasteiger charge is -2.53. The minimum atomic E-state index is -0.0867. The zero-order valence-electron chi connectivity index (χ0n) is 13.7. The molecule has 1 saturated carbocycles. The number of hydrogen-bond acceptors (Lipinski definition) is 3. The highest BCUT2D eigenvalue weighted by atomic mass is 16.5. The van der Waals surface area contributed by atoms with Gasteiger partial charge < -0.3 is 10.5 Å². The first-order chi connectivity index (χ1) is 8.49. The van der Waals surface area contributed by atoms with E-state index in [1.54, 1.807) is 0 Å². The van der Waals surface area contributed by atoms with E-state index in [9.17, 15) is 0 Å². The number of rotatable bonds is 2. The Morgan fingerprint density at radius 2 is 1.47 bits per heavy atom. The Hall–Kier alpha value is -0.120. The van der Waals surface area contributed by atoms with E-state index in [2.05, 4.69) is 46.4 Å². The SMILES string of the molecule is CC1(C)CCC(CN)(N2CC(C)(C)OC(C)(C)C2)C1. The molecular formula is C16H32N2O. The predicted octanol–water partition coefficient (Wildman–Crippen LogP) is 2.78. The number of morpholine rings is 1. The highest BCUT2D eigenvalue weighted by molar-refractivity contribution is 5.06. The van der Waals surface area contributed by atoms with Crippen molar-refractivity contribution in [2.24, 2.45) is 11.1 Å². The van der Waals surface area contributed by atoms with Crippen LogP contribution in [0.3, 0.4) is 0 Å². The summed E-state index contributed by atoms with van der Waals surface area (Å²) < 4.78 is 6.21. The van der Waals surface area contributed by atoms with Crippen LogP contribution in [-0.2, 0) is 4.74 Å². The van der Waals surface area contributed by atoms with Crippen molar-refractivity contribution in [2.75, 3.05) is 19.6 Å². The van der Waals surface area contributed by atoms with Crippen molar-refractivity contribution in [1.82, 2.24) is 4.90 Å². The van der Waals surface area contributed by atoms with E-state index < -0.39 is 0 Å². The molecule has 0 bridgehead atoms. The smallest absolute Gasteiger partial charge is 0.0761 e. The molecule has 2 fully saturated rings. The van der Waals surface area contributed by atoms with Gasteiger partial charge in [-0.15, -0.1) is 0 Å². The van der Waals surface area contributed by atoms with E-state index >= 15 is 0 Å². The van der Waals surface area contributed by atoms with Gasteiger partial charge in [0.05, 0.1) is 11.2 Å². The fraction of sp³-hybridized carbons (Fsp3) is 1.00. The van der Waals surface area contributed by atoms with Crippen LogP contribution in [0.5, 0.6) is 0 Å². The molecule has 0 radical (unpaired) electrons. The quantitative estimate of drug-likeness (QED) is 0.837. The lowest BCUT2D eigenvalue weighted by Crippen LogP contribution is -2.65. The number of nitrogens with zero attached hydrogens (tertiary/aromatic N) is 1. The van der Waals surface area contributed by atoms with Gasteiger partial charge in [-0.1, -0.05) is 13.8 Å². The van der Waals surface area contributed by atoms with Crippen molar-refractivity contribution in [1.29, 1.82) is 0 Å². The summed E-state index contributed by atoms with van der Waals surface area (Å²) in [5.74, 6) is 0. The third kappa shape index (κ3) is 3.14. The van der Waals surface area contributed by atoms with Crippen LogP contribution in [0.25, 0.3) is 0 Å². The summed E-state index contributed by atoms with van der Waals surface area (Å²) in [6.45, 7) is 16.3. The monoisotopic (exact) mass is 268 g/mol. The van der Waals surface area contributed by atoms with Gasteiger partial charge in [-0.2, -0.15) is 0 Å². The molecule has 0 amide bonds. The fourth-order valence-corrected chi connectivity index (χ4v) is 4.33. The molecule has 1 atom stereocenters. The van der Waals surface area contributed by atoms with Crippen LogP contribution in [0.4, 0.5) is 0 Å². The minimum Gasteiger partial charge on any atom is -0.367 e. The fourth-order valence-electron chi connectivity index (χ4n) is 4.33. The Morgan fingerprint density at radius 1 is 0.947 bits per heavy atom. The summed E-state index contributed by atoms with van der Waals surface area (Å²) in [6, 6.07) is 0. The summed E-state index contributed by atoms with van der Waals surface area (Å²) in [6.07, 6.45) is 3.72. The van der Waals surface area contributed by atoms with Crippen LogP contribution < -0.4 is 5.73 Å². The minimum absolute atomic E-state index is 0.0867. The van der Waals surface area contributed by atoms with Crippen molar-refractivity contribution in [3.63, 3.8) is 0 Å². The first-order valence-electron chi connectivity index (χ1n) is 7.65. The molecule has 0 aromatic rings. The van der Waals surface area contributed by atoms with Gasteiger partial charge in [-0.3, -0.25) is 4.90 Å². The molecule has 3 heteroatoms. The van der Waals surface area contributed by atoms with Gasteiger partial charge in [-0.05, 0) is 52.4 Å². The summed E-state index contributed by atoms with van der Waals surface area (Å²) in [5.41, 5.74) is 6.65. The molecule has 0 aromatic heterocycles. The van der Waals surface area contributed by atoms with E-state index in [4.69, 9.17) is 10.5 Å². The Kier molecular flexibility index (Phi) is 3.57. The molecule has 1 saturated heterocycles. The molecule has 19 heavy (non-hydrogen) atoms. The number of ether oxygens (including phenoxy) is 1. The molecule has 2 rings (SSSR count). The molecule has 1 aliphatic carbocycles. The lowest BCUT2D eigenvalue weighted by molar-refractivity contribution is -0.199. The van der Waals surface area contributed by atoms with Crippen molar-refractivity contribution in [2.45, 2.75) is 77.5 Å². The molecular weight excluding hydrogens is 236 g/mol. The zero-order valence-corrected chi connectivity index (χ0v) is 13.7. The van der Waals surface area contributed by atoms with Crippen LogP contribution in [0, 0.1) is 5.41 Å². The van der Waals surface area contributed by atoms with Gasteiger partial charge in [0.25, 0.3) is 0 Å². The maximum atomic E-state index is 6.22. The average molecular weight is 268 g/mol. The van der Waals surface area contributed by atoms with E-state index in [-0.39, 0.29) is 16.7 Å². The number of hydrogen-bond donors (Lipinski definition) is 1. The van der Waals surface area contributed by atoms with Crippen LogP contribution in [0.1, 0.15) is 60.8 Å². The first-order valence-corrected chi connectivity index (χ1v) is 7.65. The Bertz CT molecular complexity index is 333. The van der Waals surface area contributed by atoms with E-state index in [0.29, 0.717) is 5.41 Å². The average Bonchev–Trinajstić information content (AvgIpc) is 2.51. The summed E-state index contributed by atoms with van der Waals surface area (Å²) in [7, 11) is 0. The van der Waals surface area contributed by atoms with Gasteiger partial charge >= 0.3 is 0 Å². The summed E-state index contributed by atoms with van der Waals surface area (Å²) in [5, 5.41) is 0. The van der Waals surface area contributed by atoms with E-state index in [0.717, 1.165) is 19.6 Å². The topological polar surface area (TPSA) is 38.5 Å². The second-order valence-electron chi connectivity index (χ2n) is 8.75. The van der Waals surface area contributed by atoms with Gasteiger partial charge in [0.1, 0.15) is 0 Å². The maximum absolute atomic E-state index is 6.22. The zero-order chi connectivity index (χ0) is 14.5. The Balaban J connectivity index is 2.24. The van der Waals surface area contributed by atoms with Gasteiger partial charge in [0.15, 0.2) is 0 Å². The van der Waals surface area contributed by atoms with E-state index in [1.807, 2.05) is 0 Å². The molecule has 3 nitrogen and oxygen atoms in total. The Labute approximate surface area is 118 Å². The van der Waals surface area contributed by atoms with Crippen molar-refractivity contribution < 1.29 is 4.74 Å². The molecule has 0 aromatic carbocycles. The molecule has 112 valence electrons.